The summed E-state index contributed by atoms with van der Waals surface area (Å²) in [6.45, 7) is 4.00. The zero-order valence-corrected chi connectivity index (χ0v) is 9.16. The van der Waals surface area contributed by atoms with Crippen LogP contribution in [0.2, 0.25) is 0 Å². The van der Waals surface area contributed by atoms with E-state index in [2.05, 4.69) is 11.9 Å². The molecule has 0 aromatic carbocycles. The molecule has 0 fully saturated rings. The van der Waals surface area contributed by atoms with Gasteiger partial charge in [-0.25, -0.2) is 4.98 Å². The van der Waals surface area contributed by atoms with Crippen LogP contribution in [-0.2, 0) is 0 Å². The molecule has 0 bridgehead atoms. The third kappa shape index (κ3) is 3.42. The first-order valence-electron chi connectivity index (χ1n) is 5.31. The molecule has 3 heteroatoms. The molecule has 1 heterocycles. The van der Waals surface area contributed by atoms with Gasteiger partial charge >= 0.3 is 0 Å². The fourth-order valence-electron chi connectivity index (χ4n) is 1.45. The maximum absolute atomic E-state index is 12.5. The van der Waals surface area contributed by atoms with E-state index in [-0.39, 0.29) is 11.7 Å². The smallest absolute Gasteiger partial charge is 0.212 e. The second-order valence-corrected chi connectivity index (χ2v) is 3.78. The highest BCUT2D eigenvalue weighted by Crippen LogP contribution is 2.14. The monoisotopic (exact) mass is 209 g/mol. The summed E-state index contributed by atoms with van der Waals surface area (Å²) in [5.41, 5.74) is 0.500. The molecule has 0 amide bonds. The van der Waals surface area contributed by atoms with Crippen molar-refractivity contribution < 1.29 is 9.18 Å². The minimum atomic E-state index is -0.548. The second kappa shape index (κ2) is 5.59. The highest BCUT2D eigenvalue weighted by molar-refractivity contribution is 5.97. The van der Waals surface area contributed by atoms with Gasteiger partial charge in [-0.1, -0.05) is 26.7 Å². The van der Waals surface area contributed by atoms with Gasteiger partial charge in [0, 0.05) is 17.7 Å². The third-order valence-electron chi connectivity index (χ3n) is 2.45. The molecule has 0 spiro atoms. The Kier molecular flexibility index (Phi) is 4.40. The van der Waals surface area contributed by atoms with Gasteiger partial charge in [0.15, 0.2) is 5.78 Å². The van der Waals surface area contributed by atoms with Crippen LogP contribution in [0.3, 0.4) is 0 Å². The molecule has 1 aromatic heterocycles. The van der Waals surface area contributed by atoms with Crippen LogP contribution < -0.4 is 0 Å². The minimum Gasteiger partial charge on any atom is -0.294 e. The molecule has 82 valence electrons. The van der Waals surface area contributed by atoms with E-state index in [0.29, 0.717) is 5.56 Å². The topological polar surface area (TPSA) is 30.0 Å². The summed E-state index contributed by atoms with van der Waals surface area (Å²) in [6.07, 6.45) is 4.31. The van der Waals surface area contributed by atoms with Crippen molar-refractivity contribution in [2.75, 3.05) is 0 Å². The van der Waals surface area contributed by atoms with E-state index in [4.69, 9.17) is 0 Å². The van der Waals surface area contributed by atoms with Gasteiger partial charge in [-0.3, -0.25) is 4.79 Å². The van der Waals surface area contributed by atoms with E-state index in [1.807, 2.05) is 6.92 Å². The van der Waals surface area contributed by atoms with Crippen LogP contribution in [0.4, 0.5) is 4.39 Å². The standard InChI is InChI=1S/C12H16FNO/c1-3-4-5-9(2)12(15)10-6-7-11(13)14-8-10/h6-9H,3-5H2,1-2H3. The van der Waals surface area contributed by atoms with Crippen LogP contribution in [0.1, 0.15) is 43.5 Å². The summed E-state index contributed by atoms with van der Waals surface area (Å²) in [7, 11) is 0. The predicted octanol–water partition coefficient (Wildman–Crippen LogP) is 3.23. The Morgan fingerprint density at radius 1 is 1.53 bits per heavy atom. The zero-order chi connectivity index (χ0) is 11.3. The fraction of sp³-hybridized carbons (Fsp3) is 0.500. The Balaban J connectivity index is 2.63. The molecular formula is C12H16FNO. The minimum absolute atomic E-state index is 0.00258. The van der Waals surface area contributed by atoms with Gasteiger partial charge in [0.1, 0.15) is 0 Å². The second-order valence-electron chi connectivity index (χ2n) is 3.78. The lowest BCUT2D eigenvalue weighted by molar-refractivity contribution is 0.0922. The molecule has 0 saturated carbocycles. The van der Waals surface area contributed by atoms with Gasteiger partial charge < -0.3 is 0 Å². The van der Waals surface area contributed by atoms with Crippen LogP contribution in [0.5, 0.6) is 0 Å². The first-order valence-corrected chi connectivity index (χ1v) is 5.31. The molecule has 2 nitrogen and oxygen atoms in total. The van der Waals surface area contributed by atoms with E-state index >= 15 is 0 Å². The van der Waals surface area contributed by atoms with Crippen molar-refractivity contribution in [1.82, 2.24) is 4.98 Å². The average Bonchev–Trinajstić information content (AvgIpc) is 2.26. The lowest BCUT2D eigenvalue weighted by Crippen LogP contribution is -2.11. The number of unbranched alkanes of at least 4 members (excludes halogenated alkanes) is 1. The first-order chi connectivity index (χ1) is 7.15. The summed E-state index contributed by atoms with van der Waals surface area (Å²) in [5.74, 6) is -0.499. The molecule has 15 heavy (non-hydrogen) atoms. The summed E-state index contributed by atoms with van der Waals surface area (Å²) < 4.78 is 12.5. The van der Waals surface area contributed by atoms with Crippen LogP contribution in [0.15, 0.2) is 18.3 Å². The molecule has 1 unspecified atom stereocenters. The molecule has 0 aliphatic rings. The SMILES string of the molecule is CCCCC(C)C(=O)c1ccc(F)nc1. The van der Waals surface area contributed by atoms with Gasteiger partial charge in [-0.05, 0) is 18.6 Å². The molecule has 0 saturated heterocycles. The van der Waals surface area contributed by atoms with Crippen LogP contribution >= 0.6 is 0 Å². The summed E-state index contributed by atoms with van der Waals surface area (Å²) >= 11 is 0. The quantitative estimate of drug-likeness (QED) is 0.550. The zero-order valence-electron chi connectivity index (χ0n) is 9.16. The number of halogens is 1. The first kappa shape index (κ1) is 11.8. The number of pyridine rings is 1. The maximum Gasteiger partial charge on any atom is 0.212 e. The summed E-state index contributed by atoms with van der Waals surface area (Å²) in [5, 5.41) is 0. The molecule has 0 aliphatic carbocycles. The number of hydrogen-bond donors (Lipinski definition) is 0. The lowest BCUT2D eigenvalue weighted by atomic mass is 9.95. The Morgan fingerprint density at radius 2 is 2.27 bits per heavy atom. The molecule has 1 atom stereocenters. The van der Waals surface area contributed by atoms with Crippen molar-refractivity contribution in [3.63, 3.8) is 0 Å². The molecule has 0 aliphatic heterocycles. The molecule has 0 radical (unpaired) electrons. The van der Waals surface area contributed by atoms with E-state index in [0.717, 1.165) is 19.3 Å². The third-order valence-corrected chi connectivity index (χ3v) is 2.45. The normalized spacial score (nSPS) is 12.5. The predicted molar refractivity (Wildman–Crippen MR) is 57.2 cm³/mol. The van der Waals surface area contributed by atoms with Crippen LogP contribution in [0, 0.1) is 11.9 Å². The van der Waals surface area contributed by atoms with Crippen molar-refractivity contribution in [3.8, 4) is 0 Å². The van der Waals surface area contributed by atoms with Gasteiger partial charge in [0.2, 0.25) is 5.95 Å². The molecule has 1 aromatic rings. The Labute approximate surface area is 89.5 Å². The van der Waals surface area contributed by atoms with Crippen LogP contribution in [0.25, 0.3) is 0 Å². The van der Waals surface area contributed by atoms with Crippen molar-refractivity contribution in [2.24, 2.45) is 5.92 Å². The van der Waals surface area contributed by atoms with Gasteiger partial charge in [-0.15, -0.1) is 0 Å². The molecular weight excluding hydrogens is 193 g/mol. The summed E-state index contributed by atoms with van der Waals surface area (Å²) in [6, 6.07) is 2.72. The molecule has 0 N–H and O–H groups in total. The Bertz CT molecular complexity index is 321. The fourth-order valence-corrected chi connectivity index (χ4v) is 1.45. The van der Waals surface area contributed by atoms with E-state index < -0.39 is 5.95 Å². The number of rotatable bonds is 5. The number of carbonyl (C=O) groups is 1. The highest BCUT2D eigenvalue weighted by atomic mass is 19.1. The largest absolute Gasteiger partial charge is 0.294 e. The lowest BCUT2D eigenvalue weighted by Gasteiger charge is -2.08. The van der Waals surface area contributed by atoms with Crippen molar-refractivity contribution >= 4 is 5.78 Å². The Hall–Kier alpha value is -1.25. The van der Waals surface area contributed by atoms with Crippen molar-refractivity contribution in [1.29, 1.82) is 0 Å². The number of aromatic nitrogens is 1. The van der Waals surface area contributed by atoms with E-state index in [9.17, 15) is 9.18 Å². The number of carbonyl (C=O) groups excluding carboxylic acids is 1. The summed E-state index contributed by atoms with van der Waals surface area (Å²) in [4.78, 5) is 15.3. The van der Waals surface area contributed by atoms with Crippen LogP contribution in [-0.4, -0.2) is 10.8 Å². The number of ketones is 1. The van der Waals surface area contributed by atoms with Crippen molar-refractivity contribution in [3.05, 3.63) is 29.8 Å². The number of nitrogens with zero attached hydrogens (tertiary/aromatic N) is 1. The van der Waals surface area contributed by atoms with Gasteiger partial charge in [0.25, 0.3) is 0 Å². The van der Waals surface area contributed by atoms with Gasteiger partial charge in [0.05, 0.1) is 0 Å². The van der Waals surface area contributed by atoms with Gasteiger partial charge in [-0.2, -0.15) is 4.39 Å². The number of Topliss-reactive ketones (excluding diaryl/α,β-unsaturated/α-hetero) is 1. The highest BCUT2D eigenvalue weighted by Gasteiger charge is 2.14. The molecule has 1 rings (SSSR count). The average molecular weight is 209 g/mol. The maximum atomic E-state index is 12.5. The Morgan fingerprint density at radius 3 is 2.80 bits per heavy atom. The van der Waals surface area contributed by atoms with E-state index in [1.54, 1.807) is 0 Å². The van der Waals surface area contributed by atoms with E-state index in [1.165, 1.54) is 18.3 Å². The van der Waals surface area contributed by atoms with Crippen molar-refractivity contribution in [2.45, 2.75) is 33.1 Å². The number of hydrogen-bond acceptors (Lipinski definition) is 2.